The first-order valence-electron chi connectivity index (χ1n) is 16.2. The van der Waals surface area contributed by atoms with Crippen molar-refractivity contribution in [2.75, 3.05) is 27.3 Å². The maximum atomic E-state index is 5.77. The van der Waals surface area contributed by atoms with Crippen LogP contribution in [0.2, 0.25) is 0 Å². The number of aliphatic imine (C=N–C) groups is 1. The van der Waals surface area contributed by atoms with Gasteiger partial charge in [-0.1, -0.05) is 45.4 Å². The van der Waals surface area contributed by atoms with Crippen LogP contribution in [0, 0.1) is 5.41 Å². The van der Waals surface area contributed by atoms with Gasteiger partial charge < -0.3 is 14.0 Å². The van der Waals surface area contributed by atoms with Gasteiger partial charge in [-0.05, 0) is 90.3 Å². The number of rotatable bonds is 19. The summed E-state index contributed by atoms with van der Waals surface area (Å²) in [7, 11) is 3.65. The number of nitrogens with one attached hydrogen (secondary N) is 2. The van der Waals surface area contributed by atoms with E-state index in [4.69, 9.17) is 19.5 Å². The standard InChI is InChI=1S/C37H55N5O2/c1-10-33(41-27(4)18-15-13-14-16-23-40-38-8)29-20-21-34-31(24-29)32(25-37(6,7)26-44-12-3)36(42(34)11-2)30-19-17-22-39-35(30)28(5)43-9/h10,12,17,19-22,24,28,38,40H,3,11,13-16,18,23,25-26H2,1-2,4-9H3/b33-10-,41-27?. The third-order valence-electron chi connectivity index (χ3n) is 8.21. The van der Waals surface area contributed by atoms with E-state index in [0.29, 0.717) is 6.61 Å². The molecule has 0 aliphatic heterocycles. The number of aryl methyl sites for hydroxylation is 1. The molecular formula is C37H55N5O2. The average molecular weight is 602 g/mol. The Labute approximate surface area is 265 Å². The van der Waals surface area contributed by atoms with Crippen molar-refractivity contribution in [1.82, 2.24) is 20.4 Å². The zero-order valence-corrected chi connectivity index (χ0v) is 28.4. The molecule has 0 fully saturated rings. The fraction of sp³-hybridized carbons (Fsp3) is 0.514. The zero-order chi connectivity index (χ0) is 32.1. The molecule has 0 amide bonds. The maximum Gasteiger partial charge on any atom is 0.0969 e. The molecule has 0 saturated carbocycles. The summed E-state index contributed by atoms with van der Waals surface area (Å²) in [5.41, 5.74) is 15.1. The second-order valence-corrected chi connectivity index (χ2v) is 12.3. The van der Waals surface area contributed by atoms with Crippen molar-refractivity contribution >= 4 is 22.3 Å². The van der Waals surface area contributed by atoms with Crippen molar-refractivity contribution in [3.05, 3.63) is 72.3 Å². The monoisotopic (exact) mass is 601 g/mol. The van der Waals surface area contributed by atoms with Crippen LogP contribution in [0.25, 0.3) is 27.9 Å². The number of methoxy groups -OCH3 is 1. The van der Waals surface area contributed by atoms with E-state index in [9.17, 15) is 0 Å². The van der Waals surface area contributed by atoms with E-state index in [0.717, 1.165) is 54.9 Å². The molecule has 0 spiro atoms. The number of hydrazine groups is 1. The lowest BCUT2D eigenvalue weighted by atomic mass is 9.84. The fourth-order valence-corrected chi connectivity index (χ4v) is 5.90. The summed E-state index contributed by atoms with van der Waals surface area (Å²) in [5, 5.41) is 1.24. The highest BCUT2D eigenvalue weighted by atomic mass is 16.5. The third kappa shape index (κ3) is 9.13. The van der Waals surface area contributed by atoms with Gasteiger partial charge in [0.2, 0.25) is 0 Å². The molecule has 240 valence electrons. The first-order valence-corrected chi connectivity index (χ1v) is 16.2. The number of benzene rings is 1. The number of aromatic nitrogens is 2. The molecule has 1 unspecified atom stereocenters. The number of nitrogens with zero attached hydrogens (tertiary/aromatic N) is 3. The van der Waals surface area contributed by atoms with Gasteiger partial charge in [-0.15, -0.1) is 0 Å². The van der Waals surface area contributed by atoms with Crippen LogP contribution < -0.4 is 10.9 Å². The molecule has 7 heteroatoms. The number of ether oxygens (including phenoxy) is 2. The van der Waals surface area contributed by atoms with Gasteiger partial charge >= 0.3 is 0 Å². The summed E-state index contributed by atoms with van der Waals surface area (Å²) in [6.45, 7) is 19.2. The lowest BCUT2D eigenvalue weighted by molar-refractivity contribution is 0.116. The van der Waals surface area contributed by atoms with Gasteiger partial charge in [-0.2, -0.15) is 0 Å². The van der Waals surface area contributed by atoms with E-state index in [2.05, 4.69) is 93.9 Å². The zero-order valence-electron chi connectivity index (χ0n) is 28.4. The van der Waals surface area contributed by atoms with Gasteiger partial charge in [-0.3, -0.25) is 20.8 Å². The van der Waals surface area contributed by atoms with E-state index in [1.165, 1.54) is 53.4 Å². The molecule has 1 atom stereocenters. The molecule has 44 heavy (non-hydrogen) atoms. The van der Waals surface area contributed by atoms with Gasteiger partial charge in [0.25, 0.3) is 0 Å². The SMILES string of the molecule is C=COCC(C)(C)Cc1c(-c2cccnc2C(C)OC)n(CC)c2ccc(/C(=C/C)N=C(C)CCCCCCNNC)cc12. The number of allylic oxidation sites excluding steroid dienone is 1. The van der Waals surface area contributed by atoms with Crippen LogP contribution in [0.5, 0.6) is 0 Å². The van der Waals surface area contributed by atoms with Crippen LogP contribution >= 0.6 is 0 Å². The second kappa shape index (κ2) is 17.3. The molecule has 1 aromatic carbocycles. The number of fused-ring (bicyclic) bond motifs is 1. The number of pyridine rings is 1. The molecule has 2 heterocycles. The molecule has 0 radical (unpaired) electrons. The smallest absolute Gasteiger partial charge is 0.0969 e. The molecule has 2 aromatic heterocycles. The highest BCUT2D eigenvalue weighted by Gasteiger charge is 2.28. The first kappa shape index (κ1) is 35.2. The minimum absolute atomic E-state index is 0.123. The van der Waals surface area contributed by atoms with Gasteiger partial charge in [0.15, 0.2) is 0 Å². The quantitative estimate of drug-likeness (QED) is 0.0623. The summed E-state index contributed by atoms with van der Waals surface area (Å²) in [6, 6.07) is 11.0. The molecule has 0 bridgehead atoms. The Morgan fingerprint density at radius 2 is 1.95 bits per heavy atom. The summed E-state index contributed by atoms with van der Waals surface area (Å²) in [6.07, 6.45) is 12.0. The molecule has 0 saturated heterocycles. The summed E-state index contributed by atoms with van der Waals surface area (Å²) in [4.78, 5) is 9.90. The number of hydrogen-bond donors (Lipinski definition) is 2. The van der Waals surface area contributed by atoms with Crippen molar-refractivity contribution in [3.8, 4) is 11.3 Å². The lowest BCUT2D eigenvalue weighted by Gasteiger charge is -2.25. The van der Waals surface area contributed by atoms with Gasteiger partial charge in [0.1, 0.15) is 0 Å². The summed E-state index contributed by atoms with van der Waals surface area (Å²) >= 11 is 0. The molecule has 0 aliphatic rings. The highest BCUT2D eigenvalue weighted by Crippen LogP contribution is 2.41. The Morgan fingerprint density at radius 3 is 2.64 bits per heavy atom. The van der Waals surface area contributed by atoms with Crippen molar-refractivity contribution in [1.29, 1.82) is 0 Å². The normalized spacial score (nSPS) is 13.5. The Morgan fingerprint density at radius 1 is 1.18 bits per heavy atom. The molecule has 0 aliphatic carbocycles. The predicted octanol–water partition coefficient (Wildman–Crippen LogP) is 8.66. The van der Waals surface area contributed by atoms with Gasteiger partial charge in [0.05, 0.1) is 36.1 Å². The summed E-state index contributed by atoms with van der Waals surface area (Å²) in [5.74, 6) is 0. The van der Waals surface area contributed by atoms with Crippen molar-refractivity contribution in [2.24, 2.45) is 10.4 Å². The fourth-order valence-electron chi connectivity index (χ4n) is 5.90. The van der Waals surface area contributed by atoms with Crippen molar-refractivity contribution in [2.45, 2.75) is 92.7 Å². The van der Waals surface area contributed by atoms with Crippen LogP contribution in [0.3, 0.4) is 0 Å². The lowest BCUT2D eigenvalue weighted by Crippen LogP contribution is -2.28. The molecule has 2 N–H and O–H groups in total. The van der Waals surface area contributed by atoms with Gasteiger partial charge in [0, 0.05) is 59.6 Å². The van der Waals surface area contributed by atoms with E-state index >= 15 is 0 Å². The van der Waals surface area contributed by atoms with Crippen LogP contribution in [-0.4, -0.2) is 42.6 Å². The van der Waals surface area contributed by atoms with E-state index in [-0.39, 0.29) is 11.5 Å². The minimum atomic E-state index is -0.132. The second-order valence-electron chi connectivity index (χ2n) is 12.3. The van der Waals surface area contributed by atoms with Crippen LogP contribution in [0.15, 0.2) is 60.4 Å². The molecule has 3 rings (SSSR count). The van der Waals surface area contributed by atoms with Crippen LogP contribution in [0.4, 0.5) is 0 Å². The van der Waals surface area contributed by atoms with E-state index < -0.39 is 0 Å². The Balaban J connectivity index is 2.08. The topological polar surface area (TPSA) is 72.7 Å². The van der Waals surface area contributed by atoms with Crippen LogP contribution in [0.1, 0.15) is 96.6 Å². The van der Waals surface area contributed by atoms with Crippen LogP contribution in [-0.2, 0) is 22.4 Å². The first-order chi connectivity index (χ1) is 21.2. The third-order valence-corrected chi connectivity index (χ3v) is 8.21. The van der Waals surface area contributed by atoms with E-state index in [1.54, 1.807) is 7.11 Å². The van der Waals surface area contributed by atoms with Crippen molar-refractivity contribution < 1.29 is 9.47 Å². The number of hydrogen-bond acceptors (Lipinski definition) is 6. The highest BCUT2D eigenvalue weighted by molar-refractivity contribution is 5.95. The average Bonchev–Trinajstić information content (AvgIpc) is 3.33. The maximum absolute atomic E-state index is 5.77. The predicted molar refractivity (Wildman–Crippen MR) is 187 cm³/mol. The Kier molecular flexibility index (Phi) is 13.8. The Bertz CT molecular complexity index is 1420. The Hall–Kier alpha value is -3.26. The van der Waals surface area contributed by atoms with Gasteiger partial charge in [-0.25, -0.2) is 0 Å². The molecule has 3 aromatic rings. The summed E-state index contributed by atoms with van der Waals surface area (Å²) < 4.78 is 13.9. The molecule has 7 nitrogen and oxygen atoms in total. The largest absolute Gasteiger partial charge is 0.501 e. The van der Waals surface area contributed by atoms with Crippen molar-refractivity contribution in [3.63, 3.8) is 0 Å². The van der Waals surface area contributed by atoms with E-state index in [1.807, 2.05) is 19.3 Å². The minimum Gasteiger partial charge on any atom is -0.501 e. The number of unbranched alkanes of at least 4 members (excludes halogenated alkanes) is 3. The molecular weight excluding hydrogens is 546 g/mol.